The first-order valence-electron chi connectivity index (χ1n) is 11.3. The van der Waals surface area contributed by atoms with Gasteiger partial charge in [-0.25, -0.2) is 0 Å². The van der Waals surface area contributed by atoms with Crippen LogP contribution in [0.25, 0.3) is 0 Å². The highest BCUT2D eigenvalue weighted by atomic mass is 16.5. The molecule has 0 saturated heterocycles. The molecule has 0 fully saturated rings. The Balaban J connectivity index is 1.68. The Kier molecular flexibility index (Phi) is 12.0. The Hall–Kier alpha value is -2.73. The van der Waals surface area contributed by atoms with Gasteiger partial charge in [0, 0.05) is 24.0 Å². The molecule has 0 radical (unpaired) electrons. The maximum atomic E-state index is 12.3. The lowest BCUT2D eigenvalue weighted by Crippen LogP contribution is -2.21. The van der Waals surface area contributed by atoms with Gasteiger partial charge in [0.25, 0.3) is 0 Å². The molecule has 170 valence electrons. The molecule has 0 aliphatic carbocycles. The average molecular weight is 429 g/mol. The van der Waals surface area contributed by atoms with E-state index in [4.69, 9.17) is 14.2 Å². The number of nitrogens with one attached hydrogen (secondary N) is 2. The van der Waals surface area contributed by atoms with Crippen LogP contribution in [0.15, 0.2) is 48.5 Å². The van der Waals surface area contributed by atoms with Crippen LogP contribution in [0, 0.1) is 0 Å². The molecule has 0 aromatic heterocycles. The van der Waals surface area contributed by atoms with Crippen molar-refractivity contribution in [3.05, 3.63) is 48.5 Å². The van der Waals surface area contributed by atoms with Crippen LogP contribution in [0.5, 0.6) is 11.5 Å². The lowest BCUT2D eigenvalue weighted by Gasteiger charge is -2.11. The minimum absolute atomic E-state index is 0.117. The van der Waals surface area contributed by atoms with E-state index in [1.54, 1.807) is 0 Å². The standard InChI is InChI=1S/C25H36N2O4/c1-3-5-6-7-8-16-30-24-11-9-10-22(19-24)27-25(28)20-26-21-12-14-23(15-13-21)31-18-17-29-4-2/h9-15,19,26H,3-8,16-18,20H2,1-2H3,(H,27,28). The van der Waals surface area contributed by atoms with E-state index in [1.165, 1.54) is 25.7 Å². The fraction of sp³-hybridized carbons (Fsp3) is 0.480. The summed E-state index contributed by atoms with van der Waals surface area (Å²) >= 11 is 0. The summed E-state index contributed by atoms with van der Waals surface area (Å²) in [5.74, 6) is 1.44. The summed E-state index contributed by atoms with van der Waals surface area (Å²) in [6.45, 7) is 6.82. The highest BCUT2D eigenvalue weighted by Gasteiger charge is 2.04. The zero-order valence-electron chi connectivity index (χ0n) is 18.8. The van der Waals surface area contributed by atoms with Crippen LogP contribution < -0.4 is 20.1 Å². The molecule has 2 aromatic rings. The molecule has 0 unspecified atom stereocenters. The summed E-state index contributed by atoms with van der Waals surface area (Å²) in [6, 6.07) is 15.0. The van der Waals surface area contributed by atoms with Crippen LogP contribution >= 0.6 is 0 Å². The van der Waals surface area contributed by atoms with E-state index in [2.05, 4.69) is 17.6 Å². The molecule has 0 aliphatic heterocycles. The van der Waals surface area contributed by atoms with E-state index in [9.17, 15) is 4.79 Å². The van der Waals surface area contributed by atoms with Crippen LogP contribution in [0.1, 0.15) is 46.0 Å². The van der Waals surface area contributed by atoms with Crippen molar-refractivity contribution in [2.45, 2.75) is 46.0 Å². The van der Waals surface area contributed by atoms with Crippen LogP contribution in [0.2, 0.25) is 0 Å². The van der Waals surface area contributed by atoms with Crippen molar-refractivity contribution in [1.82, 2.24) is 0 Å². The quantitative estimate of drug-likeness (QED) is 0.346. The van der Waals surface area contributed by atoms with Gasteiger partial charge in [0.1, 0.15) is 18.1 Å². The lowest BCUT2D eigenvalue weighted by atomic mass is 10.2. The Bertz CT molecular complexity index is 749. The van der Waals surface area contributed by atoms with Gasteiger partial charge in [-0.15, -0.1) is 0 Å². The van der Waals surface area contributed by atoms with E-state index in [-0.39, 0.29) is 12.5 Å². The third kappa shape index (κ3) is 10.7. The molecule has 2 N–H and O–H groups in total. The largest absolute Gasteiger partial charge is 0.494 e. The monoisotopic (exact) mass is 428 g/mol. The van der Waals surface area contributed by atoms with Gasteiger partial charge in [-0.2, -0.15) is 0 Å². The van der Waals surface area contributed by atoms with Gasteiger partial charge in [0.15, 0.2) is 0 Å². The zero-order chi connectivity index (χ0) is 22.2. The Morgan fingerprint density at radius 2 is 1.58 bits per heavy atom. The Labute approximate surface area is 186 Å². The van der Waals surface area contributed by atoms with Crippen molar-refractivity contribution in [2.75, 3.05) is 43.6 Å². The summed E-state index contributed by atoms with van der Waals surface area (Å²) in [5.41, 5.74) is 1.58. The number of carbonyl (C=O) groups excluding carboxylic acids is 1. The number of ether oxygens (including phenoxy) is 3. The molecule has 31 heavy (non-hydrogen) atoms. The summed E-state index contributed by atoms with van der Waals surface area (Å²) in [5, 5.41) is 6.02. The van der Waals surface area contributed by atoms with E-state index < -0.39 is 0 Å². The second-order valence-corrected chi connectivity index (χ2v) is 7.26. The maximum Gasteiger partial charge on any atom is 0.243 e. The third-order valence-electron chi connectivity index (χ3n) is 4.64. The molecule has 6 heteroatoms. The summed E-state index contributed by atoms with van der Waals surface area (Å²) < 4.78 is 16.6. The zero-order valence-corrected chi connectivity index (χ0v) is 18.8. The highest BCUT2D eigenvalue weighted by molar-refractivity contribution is 5.93. The van der Waals surface area contributed by atoms with Crippen molar-refractivity contribution >= 4 is 17.3 Å². The van der Waals surface area contributed by atoms with Crippen molar-refractivity contribution in [1.29, 1.82) is 0 Å². The first kappa shape index (κ1) is 24.5. The first-order valence-corrected chi connectivity index (χ1v) is 11.3. The molecule has 0 atom stereocenters. The smallest absolute Gasteiger partial charge is 0.243 e. The van der Waals surface area contributed by atoms with Crippen molar-refractivity contribution in [3.63, 3.8) is 0 Å². The maximum absolute atomic E-state index is 12.3. The number of benzene rings is 2. The Morgan fingerprint density at radius 3 is 2.35 bits per heavy atom. The number of anilines is 2. The number of hydrogen-bond donors (Lipinski definition) is 2. The summed E-state index contributed by atoms with van der Waals surface area (Å²) in [6.07, 6.45) is 6.02. The molecule has 0 saturated carbocycles. The molecule has 6 nitrogen and oxygen atoms in total. The topological polar surface area (TPSA) is 68.8 Å². The summed E-state index contributed by atoms with van der Waals surface area (Å²) in [4.78, 5) is 12.3. The van der Waals surface area contributed by atoms with Gasteiger partial charge >= 0.3 is 0 Å². The number of hydrogen-bond acceptors (Lipinski definition) is 5. The van der Waals surface area contributed by atoms with Crippen LogP contribution in [0.3, 0.4) is 0 Å². The van der Waals surface area contributed by atoms with Gasteiger partial charge < -0.3 is 24.8 Å². The van der Waals surface area contributed by atoms with Gasteiger partial charge in [0.05, 0.1) is 19.8 Å². The number of rotatable bonds is 16. The second-order valence-electron chi connectivity index (χ2n) is 7.26. The van der Waals surface area contributed by atoms with Crippen molar-refractivity contribution in [2.24, 2.45) is 0 Å². The number of unbranched alkanes of at least 4 members (excludes halogenated alkanes) is 4. The molecule has 1 amide bonds. The second kappa shape index (κ2) is 15.1. The molecule has 0 bridgehead atoms. The molecule has 2 rings (SSSR count). The normalized spacial score (nSPS) is 10.5. The van der Waals surface area contributed by atoms with Gasteiger partial charge in [-0.3, -0.25) is 4.79 Å². The van der Waals surface area contributed by atoms with Crippen molar-refractivity contribution < 1.29 is 19.0 Å². The molecule has 2 aromatic carbocycles. The number of amides is 1. The molecule has 0 spiro atoms. The predicted molar refractivity (Wildman–Crippen MR) is 126 cm³/mol. The molecule has 0 aliphatic rings. The summed E-state index contributed by atoms with van der Waals surface area (Å²) in [7, 11) is 0. The van der Waals surface area contributed by atoms with E-state index in [0.717, 1.165) is 29.3 Å². The van der Waals surface area contributed by atoms with E-state index in [0.29, 0.717) is 26.4 Å². The highest BCUT2D eigenvalue weighted by Crippen LogP contribution is 2.18. The minimum atomic E-state index is -0.117. The lowest BCUT2D eigenvalue weighted by molar-refractivity contribution is -0.114. The fourth-order valence-corrected chi connectivity index (χ4v) is 2.98. The third-order valence-corrected chi connectivity index (χ3v) is 4.64. The first-order chi connectivity index (χ1) is 15.2. The molecular weight excluding hydrogens is 392 g/mol. The minimum Gasteiger partial charge on any atom is -0.494 e. The molecule has 0 heterocycles. The van der Waals surface area contributed by atoms with Crippen LogP contribution in [0.4, 0.5) is 11.4 Å². The molecular formula is C25H36N2O4. The van der Waals surface area contributed by atoms with Crippen LogP contribution in [-0.2, 0) is 9.53 Å². The van der Waals surface area contributed by atoms with Crippen molar-refractivity contribution in [3.8, 4) is 11.5 Å². The van der Waals surface area contributed by atoms with Gasteiger partial charge in [-0.05, 0) is 49.7 Å². The SMILES string of the molecule is CCCCCCCOc1cccc(NC(=O)CNc2ccc(OCCOCC)cc2)c1. The van der Waals surface area contributed by atoms with Crippen LogP contribution in [-0.4, -0.2) is 38.9 Å². The average Bonchev–Trinajstić information content (AvgIpc) is 2.79. The van der Waals surface area contributed by atoms with E-state index >= 15 is 0 Å². The Morgan fingerprint density at radius 1 is 0.806 bits per heavy atom. The predicted octanol–water partition coefficient (Wildman–Crippen LogP) is 5.50. The number of carbonyl (C=O) groups is 1. The van der Waals surface area contributed by atoms with E-state index in [1.807, 2.05) is 55.5 Å². The fourth-order valence-electron chi connectivity index (χ4n) is 2.98. The van der Waals surface area contributed by atoms with Gasteiger partial charge in [-0.1, -0.05) is 38.7 Å². The van der Waals surface area contributed by atoms with Gasteiger partial charge in [0.2, 0.25) is 5.91 Å².